The molecule has 1 N–H and O–H groups in total. The molecule has 3 aromatic heterocycles. The Morgan fingerprint density at radius 3 is 2.76 bits per heavy atom. The van der Waals surface area contributed by atoms with Crippen LogP contribution in [0.5, 0.6) is 5.75 Å². The number of halogens is 1. The predicted molar refractivity (Wildman–Crippen MR) is 116 cm³/mol. The largest absolute Gasteiger partial charge is 0.492 e. The molecule has 0 unspecified atom stereocenters. The van der Waals surface area contributed by atoms with Crippen molar-refractivity contribution >= 4 is 33.1 Å². The van der Waals surface area contributed by atoms with Crippen molar-refractivity contribution < 1.29 is 9.26 Å². The Balaban J connectivity index is 1.49. The average Bonchev–Trinajstić information content (AvgIpc) is 3.40. The first-order chi connectivity index (χ1) is 14.2. The van der Waals surface area contributed by atoms with Crippen LogP contribution in [-0.2, 0) is 6.42 Å². The van der Waals surface area contributed by atoms with Gasteiger partial charge in [0.2, 0.25) is 12.2 Å². The van der Waals surface area contributed by atoms with E-state index < -0.39 is 0 Å². The van der Waals surface area contributed by atoms with Crippen molar-refractivity contribution in [3.63, 3.8) is 0 Å². The van der Waals surface area contributed by atoms with Gasteiger partial charge < -0.3 is 14.6 Å². The Hall–Kier alpha value is -2.78. The fourth-order valence-corrected chi connectivity index (χ4v) is 4.03. The molecule has 3 heterocycles. The maximum atomic E-state index is 5.74. The SMILES string of the molecule is CCOc1cc(-c2cc(NCCc3ccc(Br)cc3)ncn2)sc1-c1ncon1. The normalized spacial score (nSPS) is 10.8. The van der Waals surface area contributed by atoms with E-state index in [9.17, 15) is 0 Å². The highest BCUT2D eigenvalue weighted by molar-refractivity contribution is 9.10. The van der Waals surface area contributed by atoms with Crippen molar-refractivity contribution in [2.24, 2.45) is 0 Å². The lowest BCUT2D eigenvalue weighted by Gasteiger charge is -2.06. The molecule has 148 valence electrons. The van der Waals surface area contributed by atoms with Crippen LogP contribution in [-0.4, -0.2) is 33.3 Å². The minimum absolute atomic E-state index is 0.506. The van der Waals surface area contributed by atoms with Gasteiger partial charge in [0.05, 0.1) is 17.2 Å². The highest BCUT2D eigenvalue weighted by Gasteiger charge is 2.18. The molecule has 1 aromatic carbocycles. The van der Waals surface area contributed by atoms with Gasteiger partial charge in [0, 0.05) is 23.2 Å². The van der Waals surface area contributed by atoms with Crippen LogP contribution in [0.4, 0.5) is 5.82 Å². The molecule has 9 heteroatoms. The molecule has 0 radical (unpaired) electrons. The Kier molecular flexibility index (Phi) is 6.16. The van der Waals surface area contributed by atoms with Crippen LogP contribution < -0.4 is 10.1 Å². The van der Waals surface area contributed by atoms with Crippen LogP contribution in [0.2, 0.25) is 0 Å². The molecule has 4 rings (SSSR count). The van der Waals surface area contributed by atoms with Crippen LogP contribution >= 0.6 is 27.3 Å². The lowest BCUT2D eigenvalue weighted by molar-refractivity contribution is 0.342. The summed E-state index contributed by atoms with van der Waals surface area (Å²) < 4.78 is 11.7. The van der Waals surface area contributed by atoms with Crippen molar-refractivity contribution in [1.29, 1.82) is 0 Å². The van der Waals surface area contributed by atoms with E-state index in [2.05, 4.69) is 53.5 Å². The number of hydrogen-bond donors (Lipinski definition) is 1. The van der Waals surface area contributed by atoms with Gasteiger partial charge in [0.15, 0.2) is 0 Å². The topological polar surface area (TPSA) is 86.0 Å². The highest BCUT2D eigenvalue weighted by Crippen LogP contribution is 2.41. The average molecular weight is 472 g/mol. The fraction of sp³-hybridized carbons (Fsp3) is 0.200. The third-order valence-electron chi connectivity index (χ3n) is 4.11. The van der Waals surface area contributed by atoms with E-state index in [4.69, 9.17) is 9.26 Å². The van der Waals surface area contributed by atoms with Gasteiger partial charge >= 0.3 is 0 Å². The van der Waals surface area contributed by atoms with Crippen molar-refractivity contribution in [2.75, 3.05) is 18.5 Å². The van der Waals surface area contributed by atoms with E-state index >= 15 is 0 Å². The first kappa shape index (κ1) is 19.5. The number of benzene rings is 1. The van der Waals surface area contributed by atoms with Crippen LogP contribution in [0.15, 0.2) is 58.1 Å². The van der Waals surface area contributed by atoms with Crippen LogP contribution in [0.25, 0.3) is 21.3 Å². The van der Waals surface area contributed by atoms with Gasteiger partial charge in [0.25, 0.3) is 0 Å². The minimum atomic E-state index is 0.506. The van der Waals surface area contributed by atoms with E-state index in [1.54, 1.807) is 6.33 Å². The Bertz CT molecular complexity index is 1070. The quantitative estimate of drug-likeness (QED) is 0.383. The van der Waals surface area contributed by atoms with Crippen LogP contribution in [0.1, 0.15) is 12.5 Å². The number of ether oxygens (including phenoxy) is 1. The number of nitrogens with zero attached hydrogens (tertiary/aromatic N) is 4. The number of nitrogens with one attached hydrogen (secondary N) is 1. The third-order valence-corrected chi connectivity index (χ3v) is 5.78. The molecule has 29 heavy (non-hydrogen) atoms. The van der Waals surface area contributed by atoms with Crippen molar-refractivity contribution in [3.05, 3.63) is 59.2 Å². The monoisotopic (exact) mass is 471 g/mol. The lowest BCUT2D eigenvalue weighted by Crippen LogP contribution is -2.06. The summed E-state index contributed by atoms with van der Waals surface area (Å²) in [6.07, 6.45) is 3.77. The molecule has 0 atom stereocenters. The second kappa shape index (κ2) is 9.15. The Morgan fingerprint density at radius 2 is 2.00 bits per heavy atom. The molecular formula is C20H18BrN5O2S. The van der Waals surface area contributed by atoms with Crippen molar-refractivity contribution in [3.8, 4) is 27.0 Å². The number of aromatic nitrogens is 4. The van der Waals surface area contributed by atoms with Gasteiger partial charge in [-0.05, 0) is 31.0 Å². The molecule has 0 saturated heterocycles. The number of thiophene rings is 1. The minimum Gasteiger partial charge on any atom is -0.492 e. The van der Waals surface area contributed by atoms with Crippen molar-refractivity contribution in [1.82, 2.24) is 20.1 Å². The lowest BCUT2D eigenvalue weighted by atomic mass is 10.1. The van der Waals surface area contributed by atoms with E-state index in [1.807, 2.05) is 31.2 Å². The van der Waals surface area contributed by atoms with Gasteiger partial charge in [0.1, 0.15) is 22.8 Å². The second-order valence-electron chi connectivity index (χ2n) is 6.08. The smallest absolute Gasteiger partial charge is 0.216 e. The van der Waals surface area contributed by atoms with Gasteiger partial charge in [-0.25, -0.2) is 9.97 Å². The second-order valence-corrected chi connectivity index (χ2v) is 8.05. The summed E-state index contributed by atoms with van der Waals surface area (Å²) in [6, 6.07) is 12.2. The molecule has 0 bridgehead atoms. The third kappa shape index (κ3) is 4.80. The van der Waals surface area contributed by atoms with Gasteiger partial charge in [-0.15, -0.1) is 11.3 Å². The van der Waals surface area contributed by atoms with Gasteiger partial charge in [-0.1, -0.05) is 33.2 Å². The summed E-state index contributed by atoms with van der Waals surface area (Å²) in [5.74, 6) is 2.00. The fourth-order valence-electron chi connectivity index (χ4n) is 2.76. The zero-order valence-corrected chi connectivity index (χ0v) is 18.0. The standard InChI is InChI=1S/C20H18BrN5O2S/c1-2-27-16-10-17(29-19(16)20-25-12-28-26-20)15-9-18(24-11-23-15)22-8-7-13-3-5-14(21)6-4-13/h3-6,9-12H,2,7-8H2,1H3,(H,22,23,24). The number of anilines is 1. The summed E-state index contributed by atoms with van der Waals surface area (Å²) in [5, 5.41) is 7.29. The molecule has 0 fully saturated rings. The molecule has 4 aromatic rings. The molecule has 0 saturated carbocycles. The van der Waals surface area contributed by atoms with E-state index in [-0.39, 0.29) is 0 Å². The number of hydrogen-bond acceptors (Lipinski definition) is 8. The zero-order chi connectivity index (χ0) is 20.1. The summed E-state index contributed by atoms with van der Waals surface area (Å²) in [6.45, 7) is 3.27. The molecular weight excluding hydrogens is 454 g/mol. The van der Waals surface area contributed by atoms with Crippen molar-refractivity contribution in [2.45, 2.75) is 13.3 Å². The molecule has 0 amide bonds. The van der Waals surface area contributed by atoms with Crippen LogP contribution in [0, 0.1) is 0 Å². The summed E-state index contributed by atoms with van der Waals surface area (Å²) in [4.78, 5) is 14.6. The first-order valence-corrected chi connectivity index (χ1v) is 10.7. The summed E-state index contributed by atoms with van der Waals surface area (Å²) in [5.41, 5.74) is 2.08. The molecule has 0 aliphatic rings. The van der Waals surface area contributed by atoms with E-state index in [0.717, 1.165) is 44.5 Å². The zero-order valence-electron chi connectivity index (χ0n) is 15.6. The van der Waals surface area contributed by atoms with Gasteiger partial charge in [-0.2, -0.15) is 4.98 Å². The van der Waals surface area contributed by atoms with E-state index in [1.165, 1.54) is 23.3 Å². The van der Waals surface area contributed by atoms with Gasteiger partial charge in [-0.3, -0.25) is 0 Å². The maximum Gasteiger partial charge on any atom is 0.216 e. The number of rotatable bonds is 8. The Morgan fingerprint density at radius 1 is 1.14 bits per heavy atom. The first-order valence-electron chi connectivity index (χ1n) is 9.07. The summed E-state index contributed by atoms with van der Waals surface area (Å²) in [7, 11) is 0. The van der Waals surface area contributed by atoms with E-state index in [0.29, 0.717) is 12.4 Å². The maximum absolute atomic E-state index is 5.74. The Labute approximate surface area is 180 Å². The molecule has 7 nitrogen and oxygen atoms in total. The molecule has 0 aliphatic heterocycles. The predicted octanol–water partition coefficient (Wildman–Crippen LogP) is 5.07. The molecule has 0 aliphatic carbocycles. The highest BCUT2D eigenvalue weighted by atomic mass is 79.9. The summed E-state index contributed by atoms with van der Waals surface area (Å²) >= 11 is 4.96. The van der Waals surface area contributed by atoms with Crippen LogP contribution in [0.3, 0.4) is 0 Å². The molecule has 0 spiro atoms.